The number of halogens is 1. The minimum absolute atomic E-state index is 0.0317. The lowest BCUT2D eigenvalue weighted by Crippen LogP contribution is -2.32. The lowest BCUT2D eigenvalue weighted by molar-refractivity contribution is 0.0698. The van der Waals surface area contributed by atoms with E-state index in [0.29, 0.717) is 40.1 Å². The molecular formula is C24H25FN4O3. The molecule has 0 radical (unpaired) electrons. The fourth-order valence-electron chi connectivity index (χ4n) is 4.84. The van der Waals surface area contributed by atoms with Gasteiger partial charge >= 0.3 is 5.97 Å². The maximum Gasteiger partial charge on any atom is 0.337 e. The number of carbonyl (C=O) groups is 1. The quantitative estimate of drug-likeness (QED) is 0.634. The van der Waals surface area contributed by atoms with E-state index in [1.807, 2.05) is 6.92 Å². The van der Waals surface area contributed by atoms with Crippen molar-refractivity contribution in [1.82, 2.24) is 9.55 Å². The Morgan fingerprint density at radius 2 is 1.97 bits per heavy atom. The smallest absolute Gasteiger partial charge is 0.337 e. The molecule has 0 spiro atoms. The van der Waals surface area contributed by atoms with Crippen molar-refractivity contribution < 1.29 is 14.3 Å². The van der Waals surface area contributed by atoms with E-state index < -0.39 is 23.4 Å². The number of piperidine rings is 1. The van der Waals surface area contributed by atoms with Crippen molar-refractivity contribution in [3.05, 3.63) is 63.2 Å². The van der Waals surface area contributed by atoms with Gasteiger partial charge in [-0.15, -0.1) is 0 Å². The summed E-state index contributed by atoms with van der Waals surface area (Å²) in [5, 5.41) is 12.7. The Balaban J connectivity index is 1.64. The third kappa shape index (κ3) is 3.21. The van der Waals surface area contributed by atoms with E-state index in [9.17, 15) is 14.7 Å². The van der Waals surface area contributed by atoms with Crippen LogP contribution in [0.15, 0.2) is 35.1 Å². The monoisotopic (exact) mass is 436 g/mol. The Kier molecular flexibility index (Phi) is 4.69. The molecule has 7 nitrogen and oxygen atoms in total. The first-order valence-electron chi connectivity index (χ1n) is 10.8. The zero-order valence-electron chi connectivity index (χ0n) is 18.2. The Morgan fingerprint density at radius 1 is 1.28 bits per heavy atom. The van der Waals surface area contributed by atoms with E-state index in [0.717, 1.165) is 13.1 Å². The molecule has 3 aromatic rings. The van der Waals surface area contributed by atoms with Crippen LogP contribution in [0.2, 0.25) is 0 Å². The minimum atomic E-state index is -1.04. The minimum Gasteiger partial charge on any atom is -0.478 e. The first-order chi connectivity index (χ1) is 15.3. The largest absolute Gasteiger partial charge is 0.478 e. The summed E-state index contributed by atoms with van der Waals surface area (Å²) in [4.78, 5) is 31.7. The van der Waals surface area contributed by atoms with Gasteiger partial charge in [-0.3, -0.25) is 9.36 Å². The first kappa shape index (κ1) is 20.5. The molecule has 1 saturated heterocycles. The van der Waals surface area contributed by atoms with Crippen LogP contribution in [0.25, 0.3) is 10.9 Å². The number of benzene rings is 2. The molecule has 8 heteroatoms. The molecule has 2 fully saturated rings. The number of carboxylic acids is 1. The van der Waals surface area contributed by atoms with Crippen molar-refractivity contribution in [3.8, 4) is 0 Å². The molecule has 5 rings (SSSR count). The van der Waals surface area contributed by atoms with Gasteiger partial charge in [-0.1, -0.05) is 12.1 Å². The van der Waals surface area contributed by atoms with E-state index in [-0.39, 0.29) is 10.9 Å². The van der Waals surface area contributed by atoms with Crippen molar-refractivity contribution >= 4 is 28.5 Å². The molecule has 32 heavy (non-hydrogen) atoms. The van der Waals surface area contributed by atoms with Crippen LogP contribution in [0.4, 0.5) is 16.0 Å². The molecule has 1 aliphatic heterocycles. The zero-order chi connectivity index (χ0) is 22.7. The molecule has 0 amide bonds. The van der Waals surface area contributed by atoms with Gasteiger partial charge in [-0.05, 0) is 55.9 Å². The van der Waals surface area contributed by atoms with E-state index in [4.69, 9.17) is 4.98 Å². The van der Waals surface area contributed by atoms with Gasteiger partial charge in [0.15, 0.2) is 0 Å². The number of nitrogens with zero attached hydrogens (tertiary/aromatic N) is 3. The zero-order valence-corrected chi connectivity index (χ0v) is 18.2. The second-order valence-corrected chi connectivity index (χ2v) is 8.97. The number of aromatic carboxylic acids is 1. The van der Waals surface area contributed by atoms with E-state index in [1.165, 1.54) is 17.1 Å². The van der Waals surface area contributed by atoms with Gasteiger partial charge in [0.25, 0.3) is 5.56 Å². The van der Waals surface area contributed by atoms with Crippen molar-refractivity contribution in [2.45, 2.75) is 26.3 Å². The molecule has 2 aromatic carbocycles. The molecule has 166 valence electrons. The standard InChI is InChI=1S/C24H25FN4O3/c1-12-8-17(13(2)26-18-7-5-4-6-16(18)23(31)32)21-19(20(12)25)22(30)28(3)24(27-21)29-10-14-9-15(14)11-29/h4-8,13-15,26H,9-11H2,1-3H3,(H,31,32). The van der Waals surface area contributed by atoms with Gasteiger partial charge in [0.05, 0.1) is 17.1 Å². The van der Waals surface area contributed by atoms with Crippen LogP contribution in [-0.2, 0) is 7.05 Å². The van der Waals surface area contributed by atoms with Crippen LogP contribution in [-0.4, -0.2) is 33.7 Å². The number of hydrogen-bond donors (Lipinski definition) is 2. The molecule has 0 bridgehead atoms. The Bertz CT molecular complexity index is 1310. The molecule has 1 aliphatic carbocycles. The van der Waals surface area contributed by atoms with Gasteiger partial charge < -0.3 is 15.3 Å². The van der Waals surface area contributed by atoms with Gasteiger partial charge in [0.2, 0.25) is 5.95 Å². The number of anilines is 2. The summed E-state index contributed by atoms with van der Waals surface area (Å²) in [7, 11) is 1.64. The molecule has 2 N–H and O–H groups in total. The normalized spacial score (nSPS) is 20.3. The highest BCUT2D eigenvalue weighted by atomic mass is 19.1. The number of fused-ring (bicyclic) bond motifs is 2. The lowest BCUT2D eigenvalue weighted by atomic mass is 10.00. The summed E-state index contributed by atoms with van der Waals surface area (Å²) in [6.45, 7) is 5.20. The van der Waals surface area contributed by atoms with Gasteiger partial charge in [0, 0.05) is 31.4 Å². The molecule has 2 heterocycles. The molecule has 1 saturated carbocycles. The van der Waals surface area contributed by atoms with Crippen LogP contribution in [0.1, 0.15) is 40.9 Å². The topological polar surface area (TPSA) is 87.5 Å². The van der Waals surface area contributed by atoms with Gasteiger partial charge in [-0.2, -0.15) is 0 Å². The fourth-order valence-corrected chi connectivity index (χ4v) is 4.84. The van der Waals surface area contributed by atoms with Gasteiger partial charge in [0.1, 0.15) is 11.2 Å². The Hall–Kier alpha value is -3.42. The maximum atomic E-state index is 15.1. The maximum absolute atomic E-state index is 15.1. The second-order valence-electron chi connectivity index (χ2n) is 8.97. The lowest BCUT2D eigenvalue weighted by Gasteiger charge is -2.24. The molecule has 3 unspecified atom stereocenters. The van der Waals surface area contributed by atoms with Crippen LogP contribution in [0.5, 0.6) is 0 Å². The summed E-state index contributed by atoms with van der Waals surface area (Å²) in [6.07, 6.45) is 1.22. The average molecular weight is 436 g/mol. The number of hydrogen-bond acceptors (Lipinski definition) is 5. The first-order valence-corrected chi connectivity index (χ1v) is 10.8. The molecule has 3 atom stereocenters. The van der Waals surface area contributed by atoms with Crippen molar-refractivity contribution in [2.75, 3.05) is 23.3 Å². The fraction of sp³-hybridized carbons (Fsp3) is 0.375. The number of para-hydroxylation sites is 1. The predicted octanol–water partition coefficient (Wildman–Crippen LogP) is 3.71. The number of nitrogens with one attached hydrogen (secondary N) is 1. The number of aromatic nitrogens is 2. The number of carboxylic acid groups (broad SMARTS) is 1. The van der Waals surface area contributed by atoms with Crippen molar-refractivity contribution in [2.24, 2.45) is 18.9 Å². The van der Waals surface area contributed by atoms with E-state index >= 15 is 4.39 Å². The highest BCUT2D eigenvalue weighted by Crippen LogP contribution is 2.46. The highest BCUT2D eigenvalue weighted by Gasteiger charge is 2.46. The van der Waals surface area contributed by atoms with E-state index in [2.05, 4.69) is 10.2 Å². The summed E-state index contributed by atoms with van der Waals surface area (Å²) < 4.78 is 16.5. The summed E-state index contributed by atoms with van der Waals surface area (Å²) in [5.41, 5.74) is 1.50. The summed E-state index contributed by atoms with van der Waals surface area (Å²) in [5.74, 6) is 0.264. The van der Waals surface area contributed by atoms with Crippen LogP contribution in [0, 0.1) is 24.6 Å². The Labute approximate surface area is 184 Å². The third-order valence-electron chi connectivity index (χ3n) is 6.74. The second kappa shape index (κ2) is 7.32. The SMILES string of the molecule is Cc1cc(C(C)Nc2ccccc2C(=O)O)c2nc(N3CC4CC4C3)n(C)c(=O)c2c1F. The molecular weight excluding hydrogens is 411 g/mol. The van der Waals surface area contributed by atoms with Crippen LogP contribution >= 0.6 is 0 Å². The average Bonchev–Trinajstić information content (AvgIpc) is 3.37. The summed E-state index contributed by atoms with van der Waals surface area (Å²) >= 11 is 0. The van der Waals surface area contributed by atoms with Crippen LogP contribution < -0.4 is 15.8 Å². The summed E-state index contributed by atoms with van der Waals surface area (Å²) in [6, 6.07) is 7.91. The van der Waals surface area contributed by atoms with Crippen molar-refractivity contribution in [3.63, 3.8) is 0 Å². The van der Waals surface area contributed by atoms with Crippen molar-refractivity contribution in [1.29, 1.82) is 0 Å². The predicted molar refractivity (Wildman–Crippen MR) is 121 cm³/mol. The number of aryl methyl sites for hydroxylation is 1. The molecule has 2 aliphatic rings. The molecule has 1 aromatic heterocycles. The van der Waals surface area contributed by atoms with E-state index in [1.54, 1.807) is 38.2 Å². The highest BCUT2D eigenvalue weighted by molar-refractivity contribution is 5.94. The van der Waals surface area contributed by atoms with Gasteiger partial charge in [-0.25, -0.2) is 14.2 Å². The van der Waals surface area contributed by atoms with Crippen LogP contribution in [0.3, 0.4) is 0 Å². The number of rotatable bonds is 5. The Morgan fingerprint density at radius 3 is 2.66 bits per heavy atom. The third-order valence-corrected chi connectivity index (χ3v) is 6.74.